The van der Waals surface area contributed by atoms with Gasteiger partial charge in [0.2, 0.25) is 5.91 Å². The third kappa shape index (κ3) is 5.21. The van der Waals surface area contributed by atoms with Crippen molar-refractivity contribution in [1.82, 2.24) is 20.1 Å². The van der Waals surface area contributed by atoms with E-state index < -0.39 is 0 Å². The van der Waals surface area contributed by atoms with Crippen LogP contribution in [0.2, 0.25) is 0 Å². The first-order valence-electron chi connectivity index (χ1n) is 11.0. The average molecular weight is 439 g/mol. The number of benzene rings is 1. The van der Waals surface area contributed by atoms with E-state index in [-0.39, 0.29) is 17.9 Å². The number of carbonyl (C=O) groups is 1. The number of nitrogens with zero attached hydrogens (tertiary/aromatic N) is 3. The zero-order chi connectivity index (χ0) is 21.8. The van der Waals surface area contributed by atoms with E-state index in [9.17, 15) is 4.79 Å². The van der Waals surface area contributed by atoms with E-state index >= 15 is 0 Å². The maximum Gasteiger partial charge on any atom is 0.230 e. The Balaban J connectivity index is 1.38. The average Bonchev–Trinajstić information content (AvgIpc) is 3.42. The summed E-state index contributed by atoms with van der Waals surface area (Å²) in [5, 5.41) is 12.5. The Morgan fingerprint density at radius 1 is 1.16 bits per heavy atom. The van der Waals surface area contributed by atoms with E-state index in [1.165, 1.54) is 47.7 Å². The Morgan fingerprint density at radius 3 is 2.71 bits per heavy atom. The maximum atomic E-state index is 12.6. The molecule has 0 radical (unpaired) electrons. The van der Waals surface area contributed by atoms with Crippen LogP contribution in [0.4, 0.5) is 0 Å². The molecule has 2 aromatic heterocycles. The molecule has 31 heavy (non-hydrogen) atoms. The van der Waals surface area contributed by atoms with Gasteiger partial charge in [-0.1, -0.05) is 43.8 Å². The van der Waals surface area contributed by atoms with Crippen molar-refractivity contribution in [3.05, 3.63) is 64.9 Å². The molecule has 0 saturated heterocycles. The normalized spacial score (nSPS) is 14.5. The predicted molar refractivity (Wildman–Crippen MR) is 122 cm³/mol. The number of rotatable bonds is 8. The molecule has 0 aliphatic heterocycles. The fourth-order valence-corrected chi connectivity index (χ4v) is 4.82. The summed E-state index contributed by atoms with van der Waals surface area (Å²) < 4.78 is 7.53. The summed E-state index contributed by atoms with van der Waals surface area (Å²) in [4.78, 5) is 12.6. The summed E-state index contributed by atoms with van der Waals surface area (Å²) >= 11 is 1.41. The summed E-state index contributed by atoms with van der Waals surface area (Å²) in [5.74, 6) is 2.25. The summed E-state index contributed by atoms with van der Waals surface area (Å²) in [6, 6.07) is 10.4. The quantitative estimate of drug-likeness (QED) is 0.507. The zero-order valence-corrected chi connectivity index (χ0v) is 19.2. The Labute approximate surface area is 187 Å². The van der Waals surface area contributed by atoms with Gasteiger partial charge in [0.25, 0.3) is 0 Å². The van der Waals surface area contributed by atoms with Gasteiger partial charge in [-0.15, -0.1) is 10.2 Å². The fraction of sp³-hybridized carbons (Fsp3) is 0.458. The number of fused-ring (bicyclic) bond motifs is 1. The molecule has 2 heterocycles. The second-order valence-electron chi connectivity index (χ2n) is 8.47. The van der Waals surface area contributed by atoms with Crippen molar-refractivity contribution in [2.24, 2.45) is 0 Å². The molecule has 6 nitrogen and oxygen atoms in total. The van der Waals surface area contributed by atoms with Gasteiger partial charge in [0, 0.05) is 5.92 Å². The number of hydrogen-bond acceptors (Lipinski definition) is 5. The minimum absolute atomic E-state index is 0.00568. The highest BCUT2D eigenvalue weighted by molar-refractivity contribution is 7.99. The number of furan rings is 1. The number of thioether (sulfide) groups is 1. The number of aromatic nitrogens is 3. The highest BCUT2D eigenvalue weighted by atomic mass is 32.2. The smallest absolute Gasteiger partial charge is 0.230 e. The topological polar surface area (TPSA) is 73.0 Å². The van der Waals surface area contributed by atoms with Crippen LogP contribution in [-0.4, -0.2) is 26.4 Å². The van der Waals surface area contributed by atoms with Crippen LogP contribution >= 0.6 is 11.8 Å². The Hall–Kier alpha value is -2.54. The molecule has 0 bridgehead atoms. The van der Waals surface area contributed by atoms with Gasteiger partial charge >= 0.3 is 0 Å². The lowest BCUT2D eigenvalue weighted by Crippen LogP contribution is -2.28. The first-order valence-corrected chi connectivity index (χ1v) is 12.0. The van der Waals surface area contributed by atoms with E-state index in [2.05, 4.69) is 47.6 Å². The van der Waals surface area contributed by atoms with Crippen LogP contribution in [-0.2, 0) is 24.2 Å². The molecule has 0 saturated carbocycles. The molecule has 1 N–H and O–H groups in total. The second kappa shape index (κ2) is 9.73. The number of carbonyl (C=O) groups excluding carboxylic acids is 1. The van der Waals surface area contributed by atoms with Crippen LogP contribution in [0.1, 0.15) is 73.8 Å². The molecule has 1 aliphatic carbocycles. The van der Waals surface area contributed by atoms with Crippen LogP contribution < -0.4 is 5.32 Å². The van der Waals surface area contributed by atoms with Crippen LogP contribution in [0.3, 0.4) is 0 Å². The lowest BCUT2D eigenvalue weighted by Gasteiger charge is -2.20. The van der Waals surface area contributed by atoms with Gasteiger partial charge in [0.05, 0.1) is 24.6 Å². The van der Waals surface area contributed by atoms with Crippen molar-refractivity contribution >= 4 is 17.7 Å². The maximum absolute atomic E-state index is 12.6. The summed E-state index contributed by atoms with van der Waals surface area (Å²) in [6.07, 6.45) is 6.51. The monoisotopic (exact) mass is 438 g/mol. The van der Waals surface area contributed by atoms with Gasteiger partial charge < -0.3 is 9.73 Å². The van der Waals surface area contributed by atoms with E-state index in [0.717, 1.165) is 23.2 Å². The molecule has 3 aromatic rings. The van der Waals surface area contributed by atoms with Crippen LogP contribution in [0.5, 0.6) is 0 Å². The largest absolute Gasteiger partial charge is 0.467 e. The molecule has 7 heteroatoms. The summed E-state index contributed by atoms with van der Waals surface area (Å²) in [7, 11) is 0. The standard InChI is InChI=1S/C24H30N4O2S/c1-16(2)23-26-27-24(28(23)14-21-9-6-12-30-21)31-15-22(29)25-17(3)19-11-10-18-7-4-5-8-20(18)13-19/h6,9-13,16-17H,4-5,7-8,14-15H2,1-3H3,(H,25,29). The van der Waals surface area contributed by atoms with Crippen molar-refractivity contribution < 1.29 is 9.21 Å². The molecular formula is C24H30N4O2S. The van der Waals surface area contributed by atoms with Crippen LogP contribution in [0.25, 0.3) is 0 Å². The molecule has 0 spiro atoms. The lowest BCUT2D eigenvalue weighted by molar-refractivity contribution is -0.119. The van der Waals surface area contributed by atoms with E-state index in [4.69, 9.17) is 4.42 Å². The molecule has 164 valence electrons. The van der Waals surface area contributed by atoms with E-state index in [0.29, 0.717) is 12.3 Å². The summed E-state index contributed by atoms with van der Waals surface area (Å²) in [5.41, 5.74) is 4.06. The van der Waals surface area contributed by atoms with Crippen molar-refractivity contribution in [3.8, 4) is 0 Å². The van der Waals surface area contributed by atoms with Crippen molar-refractivity contribution in [2.75, 3.05) is 5.75 Å². The number of hydrogen-bond donors (Lipinski definition) is 1. The van der Waals surface area contributed by atoms with Crippen LogP contribution in [0.15, 0.2) is 46.2 Å². The number of nitrogens with one attached hydrogen (secondary N) is 1. The minimum atomic E-state index is -0.0208. The highest BCUT2D eigenvalue weighted by Crippen LogP contribution is 2.26. The third-order valence-electron chi connectivity index (χ3n) is 5.74. The zero-order valence-electron chi connectivity index (χ0n) is 18.4. The van der Waals surface area contributed by atoms with Gasteiger partial charge in [0.15, 0.2) is 5.16 Å². The van der Waals surface area contributed by atoms with Gasteiger partial charge in [-0.05, 0) is 61.4 Å². The molecule has 1 aromatic carbocycles. The second-order valence-corrected chi connectivity index (χ2v) is 9.42. The first kappa shape index (κ1) is 21.7. The molecule has 1 unspecified atom stereocenters. The van der Waals surface area contributed by atoms with Gasteiger partial charge in [-0.2, -0.15) is 0 Å². The Kier molecular flexibility index (Phi) is 6.80. The lowest BCUT2D eigenvalue weighted by atomic mass is 9.89. The van der Waals surface area contributed by atoms with E-state index in [1.807, 2.05) is 23.6 Å². The minimum Gasteiger partial charge on any atom is -0.467 e. The van der Waals surface area contributed by atoms with Gasteiger partial charge in [-0.25, -0.2) is 0 Å². The SMILES string of the molecule is CC(C)c1nnc(SCC(=O)NC(C)c2ccc3c(c2)CCCC3)n1Cc1ccco1. The third-order valence-corrected chi connectivity index (χ3v) is 6.71. The fourth-order valence-electron chi connectivity index (χ4n) is 4.06. The molecule has 4 rings (SSSR count). The van der Waals surface area contributed by atoms with Crippen molar-refractivity contribution in [3.63, 3.8) is 0 Å². The van der Waals surface area contributed by atoms with Gasteiger partial charge in [-0.3, -0.25) is 9.36 Å². The number of amides is 1. The first-order chi connectivity index (χ1) is 15.0. The molecule has 1 amide bonds. The number of aryl methyl sites for hydroxylation is 2. The van der Waals surface area contributed by atoms with Crippen LogP contribution in [0, 0.1) is 0 Å². The molecular weight excluding hydrogens is 408 g/mol. The molecule has 0 fully saturated rings. The van der Waals surface area contributed by atoms with Gasteiger partial charge in [0.1, 0.15) is 11.6 Å². The molecule has 1 aliphatic rings. The van der Waals surface area contributed by atoms with Crippen molar-refractivity contribution in [2.45, 2.75) is 70.1 Å². The Bertz CT molecular complexity index is 1030. The van der Waals surface area contributed by atoms with Crippen molar-refractivity contribution in [1.29, 1.82) is 0 Å². The van der Waals surface area contributed by atoms with E-state index in [1.54, 1.807) is 6.26 Å². The Morgan fingerprint density at radius 2 is 1.97 bits per heavy atom. The molecule has 1 atom stereocenters. The summed E-state index contributed by atoms with van der Waals surface area (Å²) in [6.45, 7) is 6.78. The highest BCUT2D eigenvalue weighted by Gasteiger charge is 2.19. The predicted octanol–water partition coefficient (Wildman–Crippen LogP) is 4.89.